The molecule has 2 atom stereocenters. The third kappa shape index (κ3) is 7.82. The average molecular weight is 186 g/mol. The number of carbonyl (C=O) groups is 1. The molecule has 0 N–H and O–H groups in total. The van der Waals surface area contributed by atoms with E-state index in [1.54, 1.807) is 0 Å². The van der Waals surface area contributed by atoms with Crippen molar-refractivity contribution >= 4 is 6.47 Å². The molecule has 0 bridgehead atoms. The fourth-order valence-corrected chi connectivity index (χ4v) is 1.31. The molecular formula is C11H22O2. The maximum absolute atomic E-state index is 9.92. The van der Waals surface area contributed by atoms with Crippen molar-refractivity contribution in [1.29, 1.82) is 0 Å². The molecule has 0 radical (unpaired) electrons. The van der Waals surface area contributed by atoms with E-state index in [4.69, 9.17) is 4.74 Å². The summed E-state index contributed by atoms with van der Waals surface area (Å²) in [5.74, 6) is 1.34. The predicted octanol–water partition coefficient (Wildman–Crippen LogP) is 3.01. The monoisotopic (exact) mass is 186 g/mol. The van der Waals surface area contributed by atoms with Crippen LogP contribution in [0.25, 0.3) is 0 Å². The number of ether oxygens (including phenoxy) is 1. The van der Waals surface area contributed by atoms with Gasteiger partial charge >= 0.3 is 0 Å². The molecule has 0 saturated heterocycles. The highest BCUT2D eigenvalue weighted by Crippen LogP contribution is 2.14. The lowest BCUT2D eigenvalue weighted by Gasteiger charge is -2.11. The van der Waals surface area contributed by atoms with Gasteiger partial charge in [-0.15, -0.1) is 0 Å². The van der Waals surface area contributed by atoms with Gasteiger partial charge in [-0.25, -0.2) is 0 Å². The molecule has 0 aliphatic carbocycles. The van der Waals surface area contributed by atoms with Crippen LogP contribution in [0.4, 0.5) is 0 Å². The Morgan fingerprint density at radius 3 is 2.38 bits per heavy atom. The lowest BCUT2D eigenvalue weighted by atomic mass is 9.97. The summed E-state index contributed by atoms with van der Waals surface area (Å²) in [7, 11) is 0. The van der Waals surface area contributed by atoms with Crippen molar-refractivity contribution < 1.29 is 9.53 Å². The van der Waals surface area contributed by atoms with Crippen molar-refractivity contribution in [2.75, 3.05) is 6.61 Å². The second kappa shape index (κ2) is 8.09. The van der Waals surface area contributed by atoms with Gasteiger partial charge in [0.05, 0.1) is 6.61 Å². The van der Waals surface area contributed by atoms with Crippen LogP contribution in [0.2, 0.25) is 0 Å². The van der Waals surface area contributed by atoms with Crippen LogP contribution in [0.3, 0.4) is 0 Å². The van der Waals surface area contributed by atoms with E-state index in [0.717, 1.165) is 12.3 Å². The van der Waals surface area contributed by atoms with Crippen LogP contribution in [0, 0.1) is 11.8 Å². The van der Waals surface area contributed by atoms with Gasteiger partial charge in [-0.1, -0.05) is 40.0 Å². The van der Waals surface area contributed by atoms with Gasteiger partial charge in [-0.3, -0.25) is 4.79 Å². The van der Waals surface area contributed by atoms with E-state index >= 15 is 0 Å². The standard InChI is InChI=1S/C11H22O2/c1-4-10(2)6-5-7-11(3)8-13-9-12/h9-11H,4-8H2,1-3H3/t10-,11+/m1/s1. The van der Waals surface area contributed by atoms with Gasteiger partial charge in [-0.2, -0.15) is 0 Å². The molecule has 0 aromatic carbocycles. The minimum absolute atomic E-state index is 0.509. The van der Waals surface area contributed by atoms with Crippen LogP contribution in [-0.4, -0.2) is 13.1 Å². The van der Waals surface area contributed by atoms with Crippen molar-refractivity contribution in [2.45, 2.75) is 46.5 Å². The summed E-state index contributed by atoms with van der Waals surface area (Å²) >= 11 is 0. The Balaban J connectivity index is 3.25. The minimum Gasteiger partial charge on any atom is -0.468 e. The molecule has 0 aromatic heterocycles. The van der Waals surface area contributed by atoms with Gasteiger partial charge in [0.15, 0.2) is 0 Å². The second-order valence-corrected chi connectivity index (χ2v) is 3.98. The summed E-state index contributed by atoms with van der Waals surface area (Å²) in [4.78, 5) is 9.92. The molecule has 0 aliphatic rings. The molecular weight excluding hydrogens is 164 g/mol. The van der Waals surface area contributed by atoms with Crippen molar-refractivity contribution in [3.8, 4) is 0 Å². The fraction of sp³-hybridized carbons (Fsp3) is 0.909. The van der Waals surface area contributed by atoms with Crippen LogP contribution in [0.1, 0.15) is 46.5 Å². The van der Waals surface area contributed by atoms with Gasteiger partial charge in [-0.05, 0) is 18.3 Å². The van der Waals surface area contributed by atoms with E-state index in [0.29, 0.717) is 19.0 Å². The summed E-state index contributed by atoms with van der Waals surface area (Å²) in [6, 6.07) is 0. The van der Waals surface area contributed by atoms with Crippen LogP contribution in [0.15, 0.2) is 0 Å². The minimum atomic E-state index is 0.509. The Bertz CT molecular complexity index is 123. The Morgan fingerprint density at radius 1 is 1.23 bits per heavy atom. The van der Waals surface area contributed by atoms with E-state index in [2.05, 4.69) is 20.8 Å². The molecule has 0 aliphatic heterocycles. The lowest BCUT2D eigenvalue weighted by Crippen LogP contribution is -2.05. The SMILES string of the molecule is CC[C@@H](C)CCC[C@H](C)COC=O. The number of carbonyl (C=O) groups excluding carboxylic acids is 1. The zero-order chi connectivity index (χ0) is 10.1. The third-order valence-electron chi connectivity index (χ3n) is 2.54. The Labute approximate surface area is 81.7 Å². The zero-order valence-electron chi connectivity index (χ0n) is 9.08. The van der Waals surface area contributed by atoms with Gasteiger partial charge in [0.25, 0.3) is 6.47 Å². The molecule has 2 heteroatoms. The Kier molecular flexibility index (Phi) is 7.76. The van der Waals surface area contributed by atoms with Crippen molar-refractivity contribution in [3.05, 3.63) is 0 Å². The second-order valence-electron chi connectivity index (χ2n) is 3.98. The first-order chi connectivity index (χ1) is 6.20. The first-order valence-corrected chi connectivity index (χ1v) is 5.25. The first kappa shape index (κ1) is 12.5. The van der Waals surface area contributed by atoms with E-state index < -0.39 is 0 Å². The van der Waals surface area contributed by atoms with E-state index in [-0.39, 0.29) is 0 Å². The van der Waals surface area contributed by atoms with Gasteiger partial charge in [0, 0.05) is 0 Å². The molecule has 0 heterocycles. The number of rotatable bonds is 8. The average Bonchev–Trinajstić information content (AvgIpc) is 2.14. The molecule has 2 nitrogen and oxygen atoms in total. The molecule has 0 aromatic rings. The van der Waals surface area contributed by atoms with Crippen molar-refractivity contribution in [1.82, 2.24) is 0 Å². The lowest BCUT2D eigenvalue weighted by molar-refractivity contribution is -0.129. The summed E-state index contributed by atoms with van der Waals surface area (Å²) in [5, 5.41) is 0. The fourth-order valence-electron chi connectivity index (χ4n) is 1.31. The summed E-state index contributed by atoms with van der Waals surface area (Å²) in [5.41, 5.74) is 0. The molecule has 0 fully saturated rings. The summed E-state index contributed by atoms with van der Waals surface area (Å²) in [6.07, 6.45) is 4.97. The molecule has 0 rings (SSSR count). The van der Waals surface area contributed by atoms with Crippen molar-refractivity contribution in [3.63, 3.8) is 0 Å². The highest BCUT2D eigenvalue weighted by molar-refractivity contribution is 5.36. The summed E-state index contributed by atoms with van der Waals surface area (Å²) in [6.45, 7) is 7.74. The van der Waals surface area contributed by atoms with E-state index in [9.17, 15) is 4.79 Å². The maximum atomic E-state index is 9.92. The highest BCUT2D eigenvalue weighted by Gasteiger charge is 2.04. The molecule has 78 valence electrons. The normalized spacial score (nSPS) is 15.0. The topological polar surface area (TPSA) is 26.3 Å². The Hall–Kier alpha value is -0.530. The van der Waals surface area contributed by atoms with Crippen LogP contribution < -0.4 is 0 Å². The molecule has 13 heavy (non-hydrogen) atoms. The molecule has 0 amide bonds. The first-order valence-electron chi connectivity index (χ1n) is 5.25. The molecule has 0 unspecified atom stereocenters. The highest BCUT2D eigenvalue weighted by atomic mass is 16.5. The molecule has 0 saturated carbocycles. The van der Waals surface area contributed by atoms with Gasteiger partial charge in [0.2, 0.25) is 0 Å². The molecule has 0 spiro atoms. The van der Waals surface area contributed by atoms with Crippen LogP contribution in [0.5, 0.6) is 0 Å². The van der Waals surface area contributed by atoms with E-state index in [1.807, 2.05) is 0 Å². The quantitative estimate of drug-likeness (QED) is 0.545. The van der Waals surface area contributed by atoms with Crippen molar-refractivity contribution in [2.24, 2.45) is 11.8 Å². The smallest absolute Gasteiger partial charge is 0.293 e. The van der Waals surface area contributed by atoms with E-state index in [1.165, 1.54) is 19.3 Å². The number of hydrogen-bond donors (Lipinski definition) is 0. The largest absolute Gasteiger partial charge is 0.468 e. The Morgan fingerprint density at radius 2 is 1.85 bits per heavy atom. The number of hydrogen-bond acceptors (Lipinski definition) is 2. The zero-order valence-corrected chi connectivity index (χ0v) is 9.08. The maximum Gasteiger partial charge on any atom is 0.293 e. The van der Waals surface area contributed by atoms with Crippen LogP contribution in [-0.2, 0) is 9.53 Å². The van der Waals surface area contributed by atoms with Gasteiger partial charge in [0.1, 0.15) is 0 Å². The third-order valence-corrected chi connectivity index (χ3v) is 2.54. The summed E-state index contributed by atoms with van der Waals surface area (Å²) < 4.78 is 4.70. The predicted molar refractivity (Wildman–Crippen MR) is 54.5 cm³/mol. The van der Waals surface area contributed by atoms with Crippen LogP contribution >= 0.6 is 0 Å². The van der Waals surface area contributed by atoms with Gasteiger partial charge < -0.3 is 4.74 Å².